The molecule has 1 amide bonds. The molecule has 44 heavy (non-hydrogen) atoms. The summed E-state index contributed by atoms with van der Waals surface area (Å²) >= 11 is 0. The Balaban J connectivity index is 0.00000384. The normalized spacial score (nSPS) is 27.4. The van der Waals surface area contributed by atoms with E-state index in [2.05, 4.69) is 5.32 Å². The van der Waals surface area contributed by atoms with Gasteiger partial charge in [-0.15, -0.1) is 12.4 Å². The number of carbonyl (C=O) groups excluding carboxylic acids is 3. The van der Waals surface area contributed by atoms with Crippen molar-refractivity contribution >= 4 is 29.9 Å². The molecule has 1 fully saturated rings. The van der Waals surface area contributed by atoms with Crippen molar-refractivity contribution < 1.29 is 44.3 Å². The highest BCUT2D eigenvalue weighted by atomic mass is 35.5. The predicted octanol–water partition coefficient (Wildman–Crippen LogP) is 2.17. The van der Waals surface area contributed by atoms with Crippen LogP contribution >= 0.6 is 12.4 Å². The first-order valence-corrected chi connectivity index (χ1v) is 14.1. The summed E-state index contributed by atoms with van der Waals surface area (Å²) in [6.45, 7) is 1.73. The fourth-order valence-corrected chi connectivity index (χ4v) is 6.27. The molecule has 232 valence electrons. The molecule has 7 N–H and O–H groups in total. The molecule has 11 nitrogen and oxygen atoms in total. The second-order valence-corrected chi connectivity index (χ2v) is 11.4. The van der Waals surface area contributed by atoms with Crippen LogP contribution in [0.4, 0.5) is 0 Å². The number of aliphatic hydroxyl groups excluding tert-OH is 1. The van der Waals surface area contributed by atoms with Crippen LogP contribution in [0, 0.1) is 0 Å². The van der Waals surface area contributed by atoms with Crippen LogP contribution in [0.15, 0.2) is 54.6 Å². The lowest BCUT2D eigenvalue weighted by Crippen LogP contribution is -2.54. The number of ketones is 2. The number of halogens is 1. The molecule has 4 unspecified atom stereocenters. The largest absolute Gasteiger partial charge is 0.507 e. The molecule has 1 saturated heterocycles. The summed E-state index contributed by atoms with van der Waals surface area (Å²) in [5.41, 5.74) is 3.95. The van der Waals surface area contributed by atoms with Gasteiger partial charge in [0, 0.05) is 54.1 Å². The number of nitrogens with one attached hydrogen (secondary N) is 1. The number of phenols is 2. The van der Waals surface area contributed by atoms with Crippen molar-refractivity contribution in [3.8, 4) is 11.5 Å². The van der Waals surface area contributed by atoms with Gasteiger partial charge in [0.2, 0.25) is 0 Å². The summed E-state index contributed by atoms with van der Waals surface area (Å²) in [4.78, 5) is 40.5. The molecule has 0 saturated carbocycles. The van der Waals surface area contributed by atoms with Crippen LogP contribution in [-0.4, -0.2) is 68.0 Å². The van der Waals surface area contributed by atoms with Crippen LogP contribution in [0.3, 0.4) is 0 Å². The second kappa shape index (κ2) is 11.9. The highest BCUT2D eigenvalue weighted by molar-refractivity contribution is 6.30. The Morgan fingerprint density at radius 2 is 1.61 bits per heavy atom. The number of rotatable bonds is 5. The SMILES string of the molecule is CC1OC(O[C@H]2C[C@](O)(C(=O)NCc3ccccc3)Cc3c(O)c4c(c(O)c32)C(=O)c2ccccc2C4=O)CC(N)C1O.Cl. The van der Waals surface area contributed by atoms with Gasteiger partial charge in [-0.3, -0.25) is 14.4 Å². The van der Waals surface area contributed by atoms with Crippen molar-refractivity contribution in [1.82, 2.24) is 5.32 Å². The molecule has 3 aromatic rings. The number of hydrogen-bond donors (Lipinski definition) is 6. The molecule has 0 aromatic heterocycles. The Bertz CT molecular complexity index is 1620. The van der Waals surface area contributed by atoms with Crippen LogP contribution in [0.1, 0.15) is 74.4 Å². The van der Waals surface area contributed by atoms with Crippen LogP contribution in [0.2, 0.25) is 0 Å². The Hall–Kier alpha value is -3.84. The molecule has 3 aromatic carbocycles. The molecule has 1 aliphatic heterocycles. The number of carbonyl (C=O) groups is 3. The summed E-state index contributed by atoms with van der Waals surface area (Å²) in [5, 5.41) is 47.8. The fourth-order valence-electron chi connectivity index (χ4n) is 6.27. The van der Waals surface area contributed by atoms with Gasteiger partial charge in [0.15, 0.2) is 17.9 Å². The van der Waals surface area contributed by atoms with Crippen LogP contribution in [-0.2, 0) is 27.2 Å². The van der Waals surface area contributed by atoms with Crippen molar-refractivity contribution in [1.29, 1.82) is 0 Å². The monoisotopic (exact) mass is 624 g/mol. The molecule has 2 aliphatic carbocycles. The molecule has 0 spiro atoms. The van der Waals surface area contributed by atoms with Gasteiger partial charge in [0.1, 0.15) is 17.1 Å². The minimum atomic E-state index is -2.15. The second-order valence-electron chi connectivity index (χ2n) is 11.4. The third-order valence-corrected chi connectivity index (χ3v) is 8.56. The first kappa shape index (κ1) is 31.6. The number of amides is 1. The van der Waals surface area contributed by atoms with E-state index in [1.807, 2.05) is 30.3 Å². The van der Waals surface area contributed by atoms with E-state index >= 15 is 0 Å². The minimum absolute atomic E-state index is 0. The number of hydrogen-bond acceptors (Lipinski definition) is 10. The predicted molar refractivity (Wildman–Crippen MR) is 159 cm³/mol. The van der Waals surface area contributed by atoms with E-state index in [9.17, 15) is 34.8 Å². The van der Waals surface area contributed by atoms with Gasteiger partial charge in [-0.2, -0.15) is 0 Å². The average Bonchev–Trinajstić information content (AvgIpc) is 2.99. The minimum Gasteiger partial charge on any atom is -0.507 e. The summed E-state index contributed by atoms with van der Waals surface area (Å²) in [6, 6.07) is 14.4. The molecular weight excluding hydrogens is 592 g/mol. The number of phenolic OH excluding ortho intramolecular Hbond substituents is 2. The number of ether oxygens (including phenoxy) is 2. The molecule has 0 bridgehead atoms. The van der Waals surface area contributed by atoms with E-state index in [0.29, 0.717) is 0 Å². The number of benzene rings is 3. The van der Waals surface area contributed by atoms with Crippen molar-refractivity contribution in [2.24, 2.45) is 5.73 Å². The summed E-state index contributed by atoms with van der Waals surface area (Å²) < 4.78 is 12.0. The number of aliphatic hydroxyl groups is 2. The zero-order valence-electron chi connectivity index (χ0n) is 23.7. The first-order chi connectivity index (χ1) is 20.5. The lowest BCUT2D eigenvalue weighted by Gasteiger charge is -2.42. The molecule has 0 radical (unpaired) electrons. The Morgan fingerprint density at radius 3 is 2.23 bits per heavy atom. The van der Waals surface area contributed by atoms with Crippen LogP contribution < -0.4 is 11.1 Å². The molecule has 6 atom stereocenters. The van der Waals surface area contributed by atoms with E-state index < -0.39 is 77.2 Å². The maximum atomic E-state index is 13.5. The lowest BCUT2D eigenvalue weighted by atomic mass is 9.72. The standard InChI is InChI=1S/C32H32N2O9.ClH/c1-15-26(35)20(33)11-22(42-15)43-21-13-32(41,31(40)34-14-16-7-3-2-4-8-16)12-19-23(21)30(39)25-24(29(19)38)27(36)17-9-5-6-10-18(17)28(25)37;/h2-10,15,20-22,26,35,38-39,41H,11-14,33H2,1H3,(H,34,40);1H/t15?,20?,21-,22?,26?,32-;/m0./s1. The Morgan fingerprint density at radius 1 is 1.02 bits per heavy atom. The van der Waals surface area contributed by atoms with Gasteiger partial charge in [-0.05, 0) is 12.5 Å². The Kier molecular flexibility index (Phi) is 8.56. The first-order valence-electron chi connectivity index (χ1n) is 14.1. The van der Waals surface area contributed by atoms with Gasteiger partial charge in [-0.1, -0.05) is 54.6 Å². The molecular formula is C32H33ClN2O9. The number of nitrogens with two attached hydrogens (primary N) is 1. The zero-order valence-corrected chi connectivity index (χ0v) is 24.5. The van der Waals surface area contributed by atoms with Gasteiger partial charge >= 0.3 is 0 Å². The lowest BCUT2D eigenvalue weighted by molar-refractivity contribution is -0.247. The van der Waals surface area contributed by atoms with E-state index in [1.165, 1.54) is 12.1 Å². The van der Waals surface area contributed by atoms with E-state index in [-0.39, 0.29) is 59.6 Å². The highest BCUT2D eigenvalue weighted by Gasteiger charge is 2.50. The van der Waals surface area contributed by atoms with Crippen molar-refractivity contribution in [3.63, 3.8) is 0 Å². The van der Waals surface area contributed by atoms with Crippen LogP contribution in [0.25, 0.3) is 0 Å². The van der Waals surface area contributed by atoms with Crippen molar-refractivity contribution in [2.45, 2.75) is 69.0 Å². The maximum Gasteiger partial charge on any atom is 0.252 e. The third kappa shape index (κ3) is 5.25. The molecule has 3 aliphatic rings. The average molecular weight is 625 g/mol. The summed E-state index contributed by atoms with van der Waals surface area (Å²) in [5.74, 6) is -3.30. The Labute approximate surface area is 259 Å². The van der Waals surface area contributed by atoms with Gasteiger partial charge in [-0.25, -0.2) is 0 Å². The summed E-state index contributed by atoms with van der Waals surface area (Å²) in [6.07, 6.45) is -4.74. The van der Waals surface area contributed by atoms with Crippen LogP contribution in [0.5, 0.6) is 11.5 Å². The smallest absolute Gasteiger partial charge is 0.252 e. The number of aromatic hydroxyl groups is 2. The van der Waals surface area contributed by atoms with E-state index in [0.717, 1.165) is 5.56 Å². The molecule has 1 heterocycles. The third-order valence-electron chi connectivity index (χ3n) is 8.56. The molecule has 6 rings (SSSR count). The molecule has 12 heteroatoms. The summed E-state index contributed by atoms with van der Waals surface area (Å²) in [7, 11) is 0. The van der Waals surface area contributed by atoms with Gasteiger partial charge in [0.25, 0.3) is 5.91 Å². The van der Waals surface area contributed by atoms with Crippen molar-refractivity contribution in [2.75, 3.05) is 0 Å². The fraction of sp³-hybridized carbons (Fsp3) is 0.344. The quantitative estimate of drug-likeness (QED) is 0.180. The van der Waals surface area contributed by atoms with E-state index in [4.69, 9.17) is 15.2 Å². The zero-order chi connectivity index (χ0) is 30.6. The van der Waals surface area contributed by atoms with Crippen molar-refractivity contribution in [3.05, 3.63) is 93.5 Å². The highest BCUT2D eigenvalue weighted by Crippen LogP contribution is 2.51. The van der Waals surface area contributed by atoms with Gasteiger partial charge < -0.3 is 41.0 Å². The number of fused-ring (bicyclic) bond motifs is 3. The van der Waals surface area contributed by atoms with Gasteiger partial charge in [0.05, 0.1) is 29.4 Å². The van der Waals surface area contributed by atoms with E-state index in [1.54, 1.807) is 19.1 Å². The topological polar surface area (TPSA) is 189 Å². The maximum absolute atomic E-state index is 13.5.